The van der Waals surface area contributed by atoms with Gasteiger partial charge in [-0.1, -0.05) is 66.7 Å². The second-order valence-corrected chi connectivity index (χ2v) is 10.9. The summed E-state index contributed by atoms with van der Waals surface area (Å²) in [5.74, 6) is -0.204. The Labute approximate surface area is 264 Å². The molecule has 0 atom stereocenters. The van der Waals surface area contributed by atoms with Gasteiger partial charge in [0.25, 0.3) is 23.6 Å². The van der Waals surface area contributed by atoms with E-state index in [9.17, 15) is 19.2 Å². The van der Waals surface area contributed by atoms with E-state index in [2.05, 4.69) is 4.98 Å². The molecule has 0 unspecified atom stereocenters. The van der Waals surface area contributed by atoms with Crippen molar-refractivity contribution in [1.82, 2.24) is 14.8 Å². The highest BCUT2D eigenvalue weighted by atomic mass is 16.5. The minimum Gasteiger partial charge on any atom is -0.487 e. The molecule has 4 amide bonds. The molecule has 9 nitrogen and oxygen atoms in total. The number of carbonyl (C=O) groups is 4. The number of imide groups is 2. The zero-order valence-corrected chi connectivity index (χ0v) is 24.6. The van der Waals surface area contributed by atoms with Gasteiger partial charge in [-0.05, 0) is 48.5 Å². The van der Waals surface area contributed by atoms with Crippen LogP contribution in [0.4, 0.5) is 0 Å². The summed E-state index contributed by atoms with van der Waals surface area (Å²) in [6, 6.07) is 33.7. The lowest BCUT2D eigenvalue weighted by atomic mass is 10.1. The Morgan fingerprint density at radius 3 is 1.17 bits per heavy atom. The van der Waals surface area contributed by atoms with E-state index in [-0.39, 0.29) is 49.9 Å². The van der Waals surface area contributed by atoms with Crippen molar-refractivity contribution in [3.05, 3.63) is 160 Å². The van der Waals surface area contributed by atoms with Gasteiger partial charge in [-0.3, -0.25) is 34.0 Å². The highest BCUT2D eigenvalue weighted by Gasteiger charge is 2.36. The largest absolute Gasteiger partial charge is 0.487 e. The molecular formula is C37H27N3O6. The second kappa shape index (κ2) is 12.1. The van der Waals surface area contributed by atoms with Gasteiger partial charge in [0.05, 0.1) is 46.7 Å². The Morgan fingerprint density at radius 2 is 0.783 bits per heavy atom. The average Bonchev–Trinajstić information content (AvgIpc) is 3.48. The molecule has 2 aliphatic rings. The summed E-state index contributed by atoms with van der Waals surface area (Å²) < 4.78 is 12.2. The molecule has 2 aliphatic heterocycles. The van der Waals surface area contributed by atoms with Gasteiger partial charge in [0, 0.05) is 11.1 Å². The van der Waals surface area contributed by atoms with Crippen LogP contribution in [-0.2, 0) is 26.3 Å². The van der Waals surface area contributed by atoms with Crippen molar-refractivity contribution in [2.75, 3.05) is 0 Å². The van der Waals surface area contributed by atoms with Crippen LogP contribution in [0.1, 0.15) is 63.9 Å². The summed E-state index contributed by atoms with van der Waals surface area (Å²) in [4.78, 5) is 58.7. The smallest absolute Gasteiger partial charge is 0.261 e. The monoisotopic (exact) mass is 609 g/mol. The van der Waals surface area contributed by atoms with Gasteiger partial charge in [0.15, 0.2) is 0 Å². The normalized spacial score (nSPS) is 13.7. The number of fused-ring (bicyclic) bond motifs is 2. The maximum absolute atomic E-state index is 12.9. The molecule has 46 heavy (non-hydrogen) atoms. The molecule has 7 rings (SSSR count). The van der Waals surface area contributed by atoms with Crippen molar-refractivity contribution in [1.29, 1.82) is 0 Å². The zero-order valence-electron chi connectivity index (χ0n) is 24.6. The quantitative estimate of drug-likeness (QED) is 0.183. The number of carbonyl (C=O) groups excluding carboxylic acids is 4. The first-order chi connectivity index (χ1) is 22.5. The fourth-order valence-corrected chi connectivity index (χ4v) is 5.65. The highest BCUT2D eigenvalue weighted by molar-refractivity contribution is 6.22. The van der Waals surface area contributed by atoms with Crippen LogP contribution in [0.2, 0.25) is 0 Å². The molecule has 0 spiro atoms. The van der Waals surface area contributed by atoms with E-state index in [4.69, 9.17) is 9.47 Å². The van der Waals surface area contributed by atoms with Crippen molar-refractivity contribution in [3.8, 4) is 11.5 Å². The molecule has 5 aromatic rings. The molecular weight excluding hydrogens is 582 g/mol. The molecule has 0 bridgehead atoms. The summed E-state index contributed by atoms with van der Waals surface area (Å²) in [5.41, 5.74) is 4.34. The lowest BCUT2D eigenvalue weighted by Gasteiger charge is -2.18. The molecule has 226 valence electrons. The van der Waals surface area contributed by atoms with Gasteiger partial charge in [0.1, 0.15) is 24.7 Å². The number of nitrogens with zero attached hydrogens (tertiary/aromatic N) is 3. The summed E-state index contributed by atoms with van der Waals surface area (Å²) in [6.45, 7) is 0.487. The van der Waals surface area contributed by atoms with Crippen LogP contribution in [0, 0.1) is 0 Å². The van der Waals surface area contributed by atoms with Crippen LogP contribution < -0.4 is 9.47 Å². The van der Waals surface area contributed by atoms with Gasteiger partial charge < -0.3 is 9.47 Å². The van der Waals surface area contributed by atoms with Crippen molar-refractivity contribution in [2.45, 2.75) is 26.3 Å². The van der Waals surface area contributed by atoms with Crippen LogP contribution in [-0.4, -0.2) is 38.4 Å². The Bertz CT molecular complexity index is 1810. The van der Waals surface area contributed by atoms with Crippen molar-refractivity contribution >= 4 is 23.6 Å². The summed E-state index contributed by atoms with van der Waals surface area (Å²) >= 11 is 0. The molecule has 0 fully saturated rings. The molecule has 0 radical (unpaired) electrons. The number of hydrogen-bond acceptors (Lipinski definition) is 7. The SMILES string of the molecule is O=C1c2ccccc2C(=O)N1Cc1ccccc1OCc1cccc(COc2ccccc2CN2C(=O)c3ccccc3C2=O)n1. The molecule has 4 aromatic carbocycles. The number of pyridine rings is 1. The van der Waals surface area contributed by atoms with Gasteiger partial charge in [0.2, 0.25) is 0 Å². The Balaban J connectivity index is 0.998. The summed E-state index contributed by atoms with van der Waals surface area (Å²) in [5, 5.41) is 0. The predicted octanol–water partition coefficient (Wildman–Crippen LogP) is 5.83. The molecule has 9 heteroatoms. The first-order valence-electron chi connectivity index (χ1n) is 14.7. The van der Waals surface area contributed by atoms with Crippen molar-refractivity contribution in [2.24, 2.45) is 0 Å². The third-order valence-corrected chi connectivity index (χ3v) is 7.97. The van der Waals surface area contributed by atoms with Gasteiger partial charge >= 0.3 is 0 Å². The van der Waals surface area contributed by atoms with Crippen molar-refractivity contribution in [3.63, 3.8) is 0 Å². The highest BCUT2D eigenvalue weighted by Crippen LogP contribution is 2.29. The Morgan fingerprint density at radius 1 is 0.435 bits per heavy atom. The number of para-hydroxylation sites is 2. The Hall–Kier alpha value is -6.09. The standard InChI is InChI=1S/C37H27N3O6/c41-34-28-14-3-4-15-29(28)35(42)39(34)20-24-10-1-7-18-32(24)45-22-26-12-9-13-27(38-26)23-46-33-19-8-2-11-25(33)21-40-36(43)30-16-5-6-17-31(30)37(40)44/h1-19H,20-23H2. The van der Waals surface area contributed by atoms with E-state index in [0.717, 1.165) is 0 Å². The van der Waals surface area contributed by atoms with Crippen LogP contribution in [0.5, 0.6) is 11.5 Å². The van der Waals surface area contributed by atoms with E-state index in [1.165, 1.54) is 9.80 Å². The number of aromatic nitrogens is 1. The fourth-order valence-electron chi connectivity index (χ4n) is 5.65. The zero-order chi connectivity index (χ0) is 31.6. The van der Waals surface area contributed by atoms with Crippen LogP contribution >= 0.6 is 0 Å². The van der Waals surface area contributed by atoms with Crippen LogP contribution in [0.15, 0.2) is 115 Å². The first kappa shape index (κ1) is 28.7. The third-order valence-electron chi connectivity index (χ3n) is 7.97. The third kappa shape index (κ3) is 5.39. The number of amides is 4. The minimum atomic E-state index is -0.324. The number of hydrogen-bond donors (Lipinski definition) is 0. The van der Waals surface area contributed by atoms with Crippen LogP contribution in [0.3, 0.4) is 0 Å². The summed E-state index contributed by atoms with van der Waals surface area (Å²) in [6.07, 6.45) is 0. The lowest BCUT2D eigenvalue weighted by Crippen LogP contribution is -2.29. The molecule has 0 saturated carbocycles. The Kier molecular flexibility index (Phi) is 7.56. The van der Waals surface area contributed by atoms with E-state index in [1.807, 2.05) is 54.6 Å². The topological polar surface area (TPSA) is 106 Å². The maximum Gasteiger partial charge on any atom is 0.261 e. The lowest BCUT2D eigenvalue weighted by molar-refractivity contribution is 0.0625. The van der Waals surface area contributed by atoms with Gasteiger partial charge in [-0.25, -0.2) is 0 Å². The molecule has 0 N–H and O–H groups in total. The van der Waals surface area contributed by atoms with Gasteiger partial charge in [-0.2, -0.15) is 0 Å². The van der Waals surface area contributed by atoms with E-state index in [0.29, 0.717) is 56.3 Å². The molecule has 3 heterocycles. The van der Waals surface area contributed by atoms with E-state index >= 15 is 0 Å². The summed E-state index contributed by atoms with van der Waals surface area (Å²) in [7, 11) is 0. The van der Waals surface area contributed by atoms with E-state index < -0.39 is 0 Å². The van der Waals surface area contributed by atoms with E-state index in [1.54, 1.807) is 60.7 Å². The molecule has 0 saturated heterocycles. The van der Waals surface area contributed by atoms with Crippen molar-refractivity contribution < 1.29 is 28.7 Å². The molecule has 0 aliphatic carbocycles. The number of rotatable bonds is 10. The van der Waals surface area contributed by atoms with Gasteiger partial charge in [-0.15, -0.1) is 0 Å². The maximum atomic E-state index is 12.9. The second-order valence-electron chi connectivity index (χ2n) is 10.9. The van der Waals surface area contributed by atoms with Crippen LogP contribution in [0.25, 0.3) is 0 Å². The fraction of sp³-hybridized carbons (Fsp3) is 0.108. The number of ether oxygens (including phenoxy) is 2. The number of benzene rings is 4. The average molecular weight is 610 g/mol. The molecule has 1 aromatic heterocycles. The minimum absolute atomic E-state index is 0.0873. The predicted molar refractivity (Wildman–Crippen MR) is 167 cm³/mol. The first-order valence-corrected chi connectivity index (χ1v) is 14.7.